The summed E-state index contributed by atoms with van der Waals surface area (Å²) >= 11 is 0. The second-order valence-corrected chi connectivity index (χ2v) is 18.2. The zero-order chi connectivity index (χ0) is 35.6. The van der Waals surface area contributed by atoms with Crippen molar-refractivity contribution in [3.63, 3.8) is 0 Å². The van der Waals surface area contributed by atoms with E-state index >= 15 is 0 Å². The fourth-order valence-corrected chi connectivity index (χ4v) is 12.2. The van der Waals surface area contributed by atoms with Gasteiger partial charge in [0.15, 0.2) is 0 Å². The van der Waals surface area contributed by atoms with Gasteiger partial charge in [-0.1, -0.05) is 90.4 Å². The van der Waals surface area contributed by atoms with Crippen molar-refractivity contribution in [1.82, 2.24) is 0 Å². The molecule has 1 heterocycles. The minimum Gasteiger partial charge on any atom is -0.461 e. The van der Waals surface area contributed by atoms with Gasteiger partial charge in [0, 0.05) is 23.8 Å². The van der Waals surface area contributed by atoms with Crippen LogP contribution < -0.4 is 5.73 Å². The molecule has 3 saturated carbocycles. The van der Waals surface area contributed by atoms with Crippen LogP contribution in [0.25, 0.3) is 0 Å². The molecule has 7 nitrogen and oxygen atoms in total. The van der Waals surface area contributed by atoms with Gasteiger partial charge >= 0.3 is 11.9 Å². The molecule has 1 aromatic rings. The summed E-state index contributed by atoms with van der Waals surface area (Å²) in [5.74, 6) is 0.881. The molecule has 1 aromatic carbocycles. The smallest absolute Gasteiger partial charge is 0.310 e. The van der Waals surface area contributed by atoms with E-state index in [0.717, 1.165) is 37.7 Å². The maximum absolute atomic E-state index is 14.7. The number of ether oxygens (including phenoxy) is 4. The molecule has 0 amide bonds. The van der Waals surface area contributed by atoms with E-state index in [1.807, 2.05) is 37.3 Å². The number of esters is 2. The molecule has 7 heteroatoms. The summed E-state index contributed by atoms with van der Waals surface area (Å²) in [7, 11) is 0. The van der Waals surface area contributed by atoms with E-state index in [9.17, 15) is 9.59 Å². The van der Waals surface area contributed by atoms with Crippen molar-refractivity contribution in [2.45, 2.75) is 126 Å². The molecule has 1 saturated heterocycles. The Balaban J connectivity index is 1.41. The standard InChI is InChI=1S/C42H63NO6/c1-26(2)28(4)38(6)19-20-40(8)31-15-16-34-39(7)24-46-25-42(34,21-33(49-29(5)44)36(39)47-22-27(3)43)32(31)17-18-41(40,9)35(38)37(45)48-23-30-13-11-10-12-14-30/h10-14,17,26-28,31,33-36H,15-16,18-25,43H2,1-9H3/t27?,28-,31+,33-,34+,35-,36+,38-,39-,40-,41+,42+/m1/s1. The van der Waals surface area contributed by atoms with Crippen molar-refractivity contribution in [3.05, 3.63) is 47.5 Å². The fourth-order valence-electron chi connectivity index (χ4n) is 12.2. The highest BCUT2D eigenvalue weighted by Gasteiger charge is 2.72. The van der Waals surface area contributed by atoms with Crippen LogP contribution >= 0.6 is 0 Å². The lowest BCUT2D eigenvalue weighted by Gasteiger charge is -2.71. The molecule has 4 fully saturated rings. The second kappa shape index (κ2) is 13.1. The van der Waals surface area contributed by atoms with Gasteiger partial charge in [0.2, 0.25) is 0 Å². The summed E-state index contributed by atoms with van der Waals surface area (Å²) in [6.45, 7) is 21.9. The first-order chi connectivity index (χ1) is 23.0. The van der Waals surface area contributed by atoms with Crippen molar-refractivity contribution in [3.8, 4) is 0 Å². The number of rotatable bonds is 9. The number of carbonyl (C=O) groups is 2. The van der Waals surface area contributed by atoms with Gasteiger partial charge in [0.25, 0.3) is 0 Å². The minimum atomic E-state index is -0.371. The van der Waals surface area contributed by atoms with E-state index < -0.39 is 0 Å². The van der Waals surface area contributed by atoms with Crippen LogP contribution in [-0.4, -0.2) is 50.0 Å². The van der Waals surface area contributed by atoms with Gasteiger partial charge in [0.05, 0.1) is 25.7 Å². The van der Waals surface area contributed by atoms with Crippen LogP contribution in [0.3, 0.4) is 0 Å². The quantitative estimate of drug-likeness (QED) is 0.210. The van der Waals surface area contributed by atoms with Gasteiger partial charge in [-0.2, -0.15) is 0 Å². The third-order valence-electron chi connectivity index (χ3n) is 15.1. The van der Waals surface area contributed by atoms with E-state index in [1.54, 1.807) is 0 Å². The number of hydrogen-bond donors (Lipinski definition) is 1. The van der Waals surface area contributed by atoms with Gasteiger partial charge in [-0.25, -0.2) is 0 Å². The first-order valence-electron chi connectivity index (χ1n) is 19.1. The fraction of sp³-hybridized carbons (Fsp3) is 0.762. The van der Waals surface area contributed by atoms with Crippen LogP contribution in [0.5, 0.6) is 0 Å². The monoisotopic (exact) mass is 677 g/mol. The predicted octanol–water partition coefficient (Wildman–Crippen LogP) is 7.90. The van der Waals surface area contributed by atoms with E-state index in [0.29, 0.717) is 56.5 Å². The molecule has 4 aliphatic carbocycles. The van der Waals surface area contributed by atoms with Gasteiger partial charge in [-0.05, 0) is 90.9 Å². The maximum Gasteiger partial charge on any atom is 0.310 e. The Morgan fingerprint density at radius 2 is 1.69 bits per heavy atom. The molecule has 0 radical (unpaired) electrons. The molecule has 1 aliphatic heterocycles. The summed E-state index contributed by atoms with van der Waals surface area (Å²) in [6.07, 6.45) is 7.55. The number of hydrogen-bond acceptors (Lipinski definition) is 7. The molecule has 0 spiro atoms. The molecular formula is C42H63NO6. The first kappa shape index (κ1) is 36.6. The van der Waals surface area contributed by atoms with Gasteiger partial charge in [0.1, 0.15) is 18.8 Å². The van der Waals surface area contributed by atoms with Crippen LogP contribution in [0.4, 0.5) is 0 Å². The molecule has 49 heavy (non-hydrogen) atoms. The van der Waals surface area contributed by atoms with Crippen molar-refractivity contribution < 1.29 is 28.5 Å². The molecule has 12 atom stereocenters. The first-order valence-corrected chi connectivity index (χ1v) is 19.1. The highest BCUT2D eigenvalue weighted by Crippen LogP contribution is 2.75. The summed E-state index contributed by atoms with van der Waals surface area (Å²) < 4.78 is 25.6. The maximum atomic E-state index is 14.7. The number of carbonyl (C=O) groups excluding carboxylic acids is 2. The number of allylic oxidation sites excluding steroid dienone is 1. The van der Waals surface area contributed by atoms with Crippen LogP contribution in [0.2, 0.25) is 0 Å². The summed E-state index contributed by atoms with van der Waals surface area (Å²) in [5.41, 5.74) is 7.50. The highest BCUT2D eigenvalue weighted by atomic mass is 16.6. The van der Waals surface area contributed by atoms with Crippen LogP contribution in [0, 0.1) is 56.7 Å². The zero-order valence-corrected chi connectivity index (χ0v) is 31.7. The van der Waals surface area contributed by atoms with Crippen LogP contribution in [-0.2, 0) is 35.1 Å². The molecular weight excluding hydrogens is 614 g/mol. The average molecular weight is 678 g/mol. The number of benzene rings is 1. The topological polar surface area (TPSA) is 97.1 Å². The number of fused-ring (bicyclic) bond motifs is 3. The molecule has 0 aromatic heterocycles. The minimum absolute atomic E-state index is 0.0498. The molecule has 2 bridgehead atoms. The summed E-state index contributed by atoms with van der Waals surface area (Å²) in [4.78, 5) is 27.2. The van der Waals surface area contributed by atoms with E-state index in [-0.39, 0.29) is 63.2 Å². The average Bonchev–Trinajstić information content (AvgIpc) is 3.03. The lowest BCUT2D eigenvalue weighted by Crippen LogP contribution is -2.70. The summed E-state index contributed by atoms with van der Waals surface area (Å²) in [5, 5.41) is 0. The molecule has 6 rings (SSSR count). The third kappa shape index (κ3) is 5.73. The van der Waals surface area contributed by atoms with Crippen LogP contribution in [0.1, 0.15) is 106 Å². The molecule has 5 aliphatic rings. The lowest BCUT2D eigenvalue weighted by atomic mass is 9.34. The van der Waals surface area contributed by atoms with Crippen molar-refractivity contribution in [2.24, 2.45) is 62.4 Å². The Hall–Kier alpha value is -2.22. The Morgan fingerprint density at radius 1 is 0.980 bits per heavy atom. The third-order valence-corrected chi connectivity index (χ3v) is 15.1. The second-order valence-electron chi connectivity index (χ2n) is 18.2. The molecule has 272 valence electrons. The Morgan fingerprint density at radius 3 is 2.35 bits per heavy atom. The van der Waals surface area contributed by atoms with Gasteiger partial charge < -0.3 is 24.7 Å². The highest BCUT2D eigenvalue weighted by molar-refractivity contribution is 5.75. The van der Waals surface area contributed by atoms with Crippen molar-refractivity contribution in [2.75, 3.05) is 19.8 Å². The predicted molar refractivity (Wildman–Crippen MR) is 191 cm³/mol. The van der Waals surface area contributed by atoms with Gasteiger partial charge in [-0.15, -0.1) is 0 Å². The van der Waals surface area contributed by atoms with Crippen molar-refractivity contribution >= 4 is 11.9 Å². The van der Waals surface area contributed by atoms with Crippen LogP contribution in [0.15, 0.2) is 42.0 Å². The van der Waals surface area contributed by atoms with Gasteiger partial charge in [-0.3, -0.25) is 9.59 Å². The summed E-state index contributed by atoms with van der Waals surface area (Å²) in [6, 6.07) is 9.94. The SMILES string of the molecule is CC(=O)O[C@@H]1C[C@@]23COC[C@](C)([C@@H]2CC[C@H]2C3=CC[C@@]3(C)[C@H](C(=O)OCc4ccccc4)[C@@](C)([C@H](C)C(C)C)CC[C@]23C)[C@H]1OCC(C)N. The van der Waals surface area contributed by atoms with Crippen molar-refractivity contribution in [1.29, 1.82) is 0 Å². The largest absolute Gasteiger partial charge is 0.461 e. The molecule has 2 N–H and O–H groups in total. The Labute approximate surface area is 295 Å². The normalized spacial score (nSPS) is 42.5. The Kier molecular flexibility index (Phi) is 9.76. The zero-order valence-electron chi connectivity index (χ0n) is 31.7. The lowest BCUT2D eigenvalue weighted by molar-refractivity contribution is -0.267. The van der Waals surface area contributed by atoms with E-state index in [2.05, 4.69) is 54.5 Å². The van der Waals surface area contributed by atoms with E-state index in [4.69, 9.17) is 24.7 Å². The molecule has 1 unspecified atom stereocenters. The Bertz CT molecular complexity index is 1430. The van der Waals surface area contributed by atoms with E-state index in [1.165, 1.54) is 12.5 Å². The number of nitrogens with two attached hydrogens (primary N) is 1.